The van der Waals surface area contributed by atoms with E-state index in [0.717, 1.165) is 50.4 Å². The van der Waals surface area contributed by atoms with E-state index in [1.54, 1.807) is 0 Å². The molecule has 0 unspecified atom stereocenters. The maximum Gasteiger partial charge on any atom is 0.231 e. The lowest BCUT2D eigenvalue weighted by Crippen LogP contribution is -2.36. The lowest BCUT2D eigenvalue weighted by atomic mass is 9.93. The molecule has 4 nitrogen and oxygen atoms in total. The van der Waals surface area contributed by atoms with E-state index in [4.69, 9.17) is 4.74 Å². The first kappa shape index (κ1) is 17.5. The zero-order valence-electron chi connectivity index (χ0n) is 14.8. The number of benzene rings is 2. The minimum atomic E-state index is -0.106. The van der Waals surface area contributed by atoms with E-state index in [1.807, 2.05) is 42.5 Å². The third kappa shape index (κ3) is 4.60. The van der Waals surface area contributed by atoms with E-state index < -0.39 is 0 Å². The molecular weight excluding hydrogens is 312 g/mol. The Hall–Kier alpha value is -2.33. The van der Waals surface area contributed by atoms with Crippen LogP contribution in [0.5, 0.6) is 0 Å². The van der Waals surface area contributed by atoms with Crippen LogP contribution in [0.25, 0.3) is 0 Å². The van der Waals surface area contributed by atoms with Crippen LogP contribution in [0.3, 0.4) is 0 Å². The van der Waals surface area contributed by atoms with Crippen LogP contribution in [-0.2, 0) is 9.53 Å². The number of carbonyl (C=O) groups is 1. The number of rotatable bonds is 6. The normalized spacial score (nSPS) is 15.6. The molecule has 1 heterocycles. The lowest BCUT2D eigenvalue weighted by Gasteiger charge is -2.29. The van der Waals surface area contributed by atoms with Gasteiger partial charge >= 0.3 is 0 Å². The molecule has 1 saturated heterocycles. The molecular formula is C21H26N2O2. The molecule has 4 heteroatoms. The average Bonchev–Trinajstić information content (AvgIpc) is 2.68. The summed E-state index contributed by atoms with van der Waals surface area (Å²) in [5.41, 5.74) is 3.10. The zero-order chi connectivity index (χ0) is 17.5. The Bertz CT molecular complexity index is 664. The van der Waals surface area contributed by atoms with Gasteiger partial charge in [-0.25, -0.2) is 0 Å². The fourth-order valence-corrected chi connectivity index (χ4v) is 3.23. The summed E-state index contributed by atoms with van der Waals surface area (Å²) in [7, 11) is 0. The van der Waals surface area contributed by atoms with Crippen molar-refractivity contribution in [1.29, 1.82) is 0 Å². The van der Waals surface area contributed by atoms with Crippen molar-refractivity contribution in [2.75, 3.05) is 36.5 Å². The summed E-state index contributed by atoms with van der Waals surface area (Å²) in [6, 6.07) is 18.1. The van der Waals surface area contributed by atoms with Gasteiger partial charge in [-0.3, -0.25) is 4.79 Å². The second kappa shape index (κ2) is 8.67. The van der Waals surface area contributed by atoms with Crippen molar-refractivity contribution >= 4 is 17.3 Å². The second-order valence-corrected chi connectivity index (χ2v) is 6.39. The molecule has 1 fully saturated rings. The highest BCUT2D eigenvalue weighted by atomic mass is 16.5. The highest BCUT2D eigenvalue weighted by Gasteiger charge is 2.19. The van der Waals surface area contributed by atoms with Crippen molar-refractivity contribution in [3.8, 4) is 0 Å². The number of nitrogens with zero attached hydrogens (tertiary/aromatic N) is 1. The van der Waals surface area contributed by atoms with Gasteiger partial charge in [-0.1, -0.05) is 43.7 Å². The maximum atomic E-state index is 12.8. The molecule has 25 heavy (non-hydrogen) atoms. The Morgan fingerprint density at radius 1 is 1.08 bits per heavy atom. The molecule has 132 valence electrons. The third-order valence-electron chi connectivity index (χ3n) is 4.61. The van der Waals surface area contributed by atoms with E-state index in [1.165, 1.54) is 5.69 Å². The van der Waals surface area contributed by atoms with Gasteiger partial charge in [0.15, 0.2) is 0 Å². The fourth-order valence-electron chi connectivity index (χ4n) is 3.23. The van der Waals surface area contributed by atoms with E-state index in [9.17, 15) is 4.79 Å². The molecule has 1 aliphatic rings. The van der Waals surface area contributed by atoms with Gasteiger partial charge in [-0.2, -0.15) is 0 Å². The zero-order valence-corrected chi connectivity index (χ0v) is 14.8. The molecule has 3 rings (SSSR count). The average molecular weight is 338 g/mol. The van der Waals surface area contributed by atoms with E-state index >= 15 is 0 Å². The first-order chi connectivity index (χ1) is 12.3. The molecule has 0 spiro atoms. The molecule has 1 aliphatic heterocycles. The standard InChI is InChI=1S/C21H26N2O2/c1-2-6-20(17-7-4-3-5-8-17)21(24)22-18-9-11-19(12-10-18)23-13-15-25-16-14-23/h3-5,7-12,20H,2,6,13-16H2,1H3,(H,22,24)/t20-/m1/s1. The summed E-state index contributed by atoms with van der Waals surface area (Å²) >= 11 is 0. The number of anilines is 2. The number of hydrogen-bond donors (Lipinski definition) is 1. The Kier molecular flexibility index (Phi) is 6.07. The summed E-state index contributed by atoms with van der Waals surface area (Å²) in [6.07, 6.45) is 1.82. The summed E-state index contributed by atoms with van der Waals surface area (Å²) < 4.78 is 5.39. The van der Waals surface area contributed by atoms with Crippen LogP contribution in [0.15, 0.2) is 54.6 Å². The summed E-state index contributed by atoms with van der Waals surface area (Å²) in [5, 5.41) is 3.07. The van der Waals surface area contributed by atoms with Gasteiger partial charge in [0.25, 0.3) is 0 Å². The Balaban J connectivity index is 1.66. The molecule has 1 amide bonds. The quantitative estimate of drug-likeness (QED) is 0.864. The minimum Gasteiger partial charge on any atom is -0.378 e. The first-order valence-electron chi connectivity index (χ1n) is 9.06. The molecule has 0 saturated carbocycles. The molecule has 1 N–H and O–H groups in total. The Morgan fingerprint density at radius 2 is 1.76 bits per heavy atom. The van der Waals surface area contributed by atoms with Crippen LogP contribution >= 0.6 is 0 Å². The molecule has 0 aromatic heterocycles. The number of nitrogens with one attached hydrogen (secondary N) is 1. The molecule has 0 aliphatic carbocycles. The Labute approximate surface area is 149 Å². The molecule has 0 radical (unpaired) electrons. The number of morpholine rings is 1. The van der Waals surface area contributed by atoms with E-state index in [0.29, 0.717) is 0 Å². The second-order valence-electron chi connectivity index (χ2n) is 6.39. The van der Waals surface area contributed by atoms with Crippen molar-refractivity contribution in [3.63, 3.8) is 0 Å². The van der Waals surface area contributed by atoms with E-state index in [2.05, 4.69) is 29.3 Å². The maximum absolute atomic E-state index is 12.8. The fraction of sp³-hybridized carbons (Fsp3) is 0.381. The van der Waals surface area contributed by atoms with Gasteiger partial charge in [-0.05, 0) is 36.2 Å². The van der Waals surface area contributed by atoms with Crippen LogP contribution in [0.1, 0.15) is 31.2 Å². The van der Waals surface area contributed by atoms with Gasteiger partial charge in [0, 0.05) is 24.5 Å². The Morgan fingerprint density at radius 3 is 2.40 bits per heavy atom. The molecule has 0 bridgehead atoms. The smallest absolute Gasteiger partial charge is 0.231 e. The molecule has 2 aromatic carbocycles. The van der Waals surface area contributed by atoms with Gasteiger partial charge in [-0.15, -0.1) is 0 Å². The van der Waals surface area contributed by atoms with Crippen LogP contribution in [0.2, 0.25) is 0 Å². The number of amides is 1. The van der Waals surface area contributed by atoms with Crippen molar-refractivity contribution in [2.45, 2.75) is 25.7 Å². The van der Waals surface area contributed by atoms with Gasteiger partial charge in [0.2, 0.25) is 5.91 Å². The van der Waals surface area contributed by atoms with Crippen molar-refractivity contribution in [2.24, 2.45) is 0 Å². The van der Waals surface area contributed by atoms with Crippen LogP contribution in [0.4, 0.5) is 11.4 Å². The largest absolute Gasteiger partial charge is 0.378 e. The molecule has 2 aromatic rings. The van der Waals surface area contributed by atoms with Crippen LogP contribution in [-0.4, -0.2) is 32.2 Å². The molecule has 1 atom stereocenters. The van der Waals surface area contributed by atoms with Gasteiger partial charge < -0.3 is 15.0 Å². The van der Waals surface area contributed by atoms with Crippen LogP contribution < -0.4 is 10.2 Å². The predicted molar refractivity (Wildman–Crippen MR) is 102 cm³/mol. The highest BCUT2D eigenvalue weighted by molar-refractivity contribution is 5.96. The lowest BCUT2D eigenvalue weighted by molar-refractivity contribution is -0.117. The first-order valence-corrected chi connectivity index (χ1v) is 9.06. The minimum absolute atomic E-state index is 0.0622. The van der Waals surface area contributed by atoms with Crippen molar-refractivity contribution in [3.05, 3.63) is 60.2 Å². The number of carbonyl (C=O) groups excluding carboxylic acids is 1. The predicted octanol–water partition coefficient (Wildman–Crippen LogP) is 4.05. The van der Waals surface area contributed by atoms with Crippen molar-refractivity contribution in [1.82, 2.24) is 0 Å². The van der Waals surface area contributed by atoms with Gasteiger partial charge in [0.05, 0.1) is 19.1 Å². The van der Waals surface area contributed by atoms with Gasteiger partial charge in [0.1, 0.15) is 0 Å². The van der Waals surface area contributed by atoms with Crippen molar-refractivity contribution < 1.29 is 9.53 Å². The van der Waals surface area contributed by atoms with Crippen LogP contribution in [0, 0.1) is 0 Å². The summed E-state index contributed by atoms with van der Waals surface area (Å²) in [5.74, 6) is -0.0442. The summed E-state index contributed by atoms with van der Waals surface area (Å²) in [6.45, 7) is 5.49. The number of ether oxygens (including phenoxy) is 1. The monoisotopic (exact) mass is 338 g/mol. The SMILES string of the molecule is CCC[C@@H](C(=O)Nc1ccc(N2CCOCC2)cc1)c1ccccc1. The number of hydrogen-bond acceptors (Lipinski definition) is 3. The topological polar surface area (TPSA) is 41.6 Å². The van der Waals surface area contributed by atoms with E-state index in [-0.39, 0.29) is 11.8 Å². The third-order valence-corrected chi connectivity index (χ3v) is 4.61. The summed E-state index contributed by atoms with van der Waals surface area (Å²) in [4.78, 5) is 15.1. The highest BCUT2D eigenvalue weighted by Crippen LogP contribution is 2.24.